The van der Waals surface area contributed by atoms with Crippen molar-refractivity contribution in [3.8, 4) is 0 Å². The van der Waals surface area contributed by atoms with Crippen molar-refractivity contribution in [3.63, 3.8) is 0 Å². The zero-order valence-corrected chi connectivity index (χ0v) is 15.0. The van der Waals surface area contributed by atoms with Gasteiger partial charge in [-0.1, -0.05) is 41.1 Å². The van der Waals surface area contributed by atoms with Crippen molar-refractivity contribution >= 4 is 26.0 Å². The van der Waals surface area contributed by atoms with E-state index in [-0.39, 0.29) is 0 Å². The third-order valence-corrected chi connectivity index (χ3v) is 5.39. The average Bonchev–Trinajstić information content (AvgIpc) is 2.52. The Hall–Kier alpha value is -1.38. The van der Waals surface area contributed by atoms with Crippen molar-refractivity contribution < 1.29 is 21.6 Å². The van der Waals surface area contributed by atoms with Gasteiger partial charge in [0.25, 0.3) is 0 Å². The van der Waals surface area contributed by atoms with Gasteiger partial charge in [0, 0.05) is 10.5 Å². The molecular formula is C16H15BrF3NO2S. The third kappa shape index (κ3) is 4.58. The fourth-order valence-electron chi connectivity index (χ4n) is 2.21. The molecule has 2 aromatic rings. The van der Waals surface area contributed by atoms with Gasteiger partial charge in [-0.15, -0.1) is 0 Å². The van der Waals surface area contributed by atoms with Gasteiger partial charge in [0.1, 0.15) is 0 Å². The highest BCUT2D eigenvalue weighted by molar-refractivity contribution is 9.10. The Morgan fingerprint density at radius 2 is 1.79 bits per heavy atom. The van der Waals surface area contributed by atoms with Crippen LogP contribution in [0.2, 0.25) is 0 Å². The average molecular weight is 422 g/mol. The van der Waals surface area contributed by atoms with Crippen molar-refractivity contribution in [1.29, 1.82) is 0 Å². The van der Waals surface area contributed by atoms with Crippen LogP contribution in [0.25, 0.3) is 0 Å². The maximum atomic E-state index is 12.8. The van der Waals surface area contributed by atoms with E-state index in [1.165, 1.54) is 0 Å². The molecule has 0 bridgehead atoms. The monoisotopic (exact) mass is 421 g/mol. The first-order valence-electron chi connectivity index (χ1n) is 7.08. The summed E-state index contributed by atoms with van der Waals surface area (Å²) in [7, 11) is -4.08. The summed E-state index contributed by atoms with van der Waals surface area (Å²) in [6.07, 6.45) is -4.14. The number of nitrogens with one attached hydrogen (secondary N) is 1. The largest absolute Gasteiger partial charge is 0.416 e. The lowest BCUT2D eigenvalue weighted by Crippen LogP contribution is -2.28. The summed E-state index contributed by atoms with van der Waals surface area (Å²) in [5.74, 6) is 0. The Balaban J connectivity index is 2.33. The van der Waals surface area contributed by atoms with Gasteiger partial charge in [0.2, 0.25) is 10.0 Å². The highest BCUT2D eigenvalue weighted by Gasteiger charge is 2.32. The topological polar surface area (TPSA) is 46.2 Å². The second-order valence-corrected chi connectivity index (χ2v) is 7.79. The van der Waals surface area contributed by atoms with Crippen molar-refractivity contribution in [3.05, 3.63) is 64.1 Å². The molecule has 0 aliphatic carbocycles. The summed E-state index contributed by atoms with van der Waals surface area (Å²) in [5, 5.41) is 0. The summed E-state index contributed by atoms with van der Waals surface area (Å²) < 4.78 is 66.5. The Bertz CT molecular complexity index is 822. The first kappa shape index (κ1) is 19.0. The van der Waals surface area contributed by atoms with Gasteiger partial charge in [-0.05, 0) is 42.3 Å². The van der Waals surface area contributed by atoms with Crippen LogP contribution in [0.15, 0.2) is 57.9 Å². The molecule has 2 rings (SSSR count). The van der Waals surface area contributed by atoms with E-state index >= 15 is 0 Å². The first-order chi connectivity index (χ1) is 11.1. The molecule has 1 atom stereocenters. The molecule has 0 unspecified atom stereocenters. The second kappa shape index (κ2) is 7.25. The number of benzene rings is 2. The van der Waals surface area contributed by atoms with Gasteiger partial charge < -0.3 is 0 Å². The molecule has 8 heteroatoms. The predicted octanol–water partition coefficient (Wildman–Crippen LogP) is 4.90. The summed E-state index contributed by atoms with van der Waals surface area (Å²) in [6, 6.07) is 10.2. The summed E-state index contributed by atoms with van der Waals surface area (Å²) in [5.41, 5.74) is -0.275. The van der Waals surface area contributed by atoms with Gasteiger partial charge in [0.05, 0.1) is 10.5 Å². The van der Waals surface area contributed by atoms with E-state index in [0.717, 1.165) is 28.2 Å². The Morgan fingerprint density at radius 1 is 1.12 bits per heavy atom. The Labute approximate surface area is 147 Å². The zero-order chi connectivity index (χ0) is 18.0. The molecule has 24 heavy (non-hydrogen) atoms. The number of rotatable bonds is 5. The van der Waals surface area contributed by atoms with Crippen LogP contribution in [0.1, 0.15) is 30.5 Å². The molecule has 0 fully saturated rings. The minimum absolute atomic E-state index is 0.411. The van der Waals surface area contributed by atoms with E-state index in [1.807, 2.05) is 0 Å². The lowest BCUT2D eigenvalue weighted by Gasteiger charge is -2.18. The minimum atomic E-state index is -4.60. The van der Waals surface area contributed by atoms with Crippen molar-refractivity contribution in [2.75, 3.05) is 0 Å². The highest BCUT2D eigenvalue weighted by atomic mass is 79.9. The quantitative estimate of drug-likeness (QED) is 0.746. The molecule has 0 amide bonds. The van der Waals surface area contributed by atoms with Gasteiger partial charge in [-0.2, -0.15) is 13.2 Å². The molecular weight excluding hydrogens is 407 g/mol. The van der Waals surface area contributed by atoms with Crippen LogP contribution in [0.4, 0.5) is 13.2 Å². The van der Waals surface area contributed by atoms with E-state index in [2.05, 4.69) is 20.7 Å². The Kier molecular flexibility index (Phi) is 5.72. The molecule has 1 N–H and O–H groups in total. The second-order valence-electron chi connectivity index (χ2n) is 5.16. The molecule has 0 spiro atoms. The van der Waals surface area contributed by atoms with E-state index in [9.17, 15) is 21.6 Å². The van der Waals surface area contributed by atoms with E-state index < -0.39 is 32.7 Å². The van der Waals surface area contributed by atoms with Crippen LogP contribution in [0.5, 0.6) is 0 Å². The fraction of sp³-hybridized carbons (Fsp3) is 0.250. The number of alkyl halides is 3. The molecule has 2 aromatic carbocycles. The van der Waals surface area contributed by atoms with Gasteiger partial charge in [-0.3, -0.25) is 0 Å². The van der Waals surface area contributed by atoms with E-state index in [4.69, 9.17) is 0 Å². The predicted molar refractivity (Wildman–Crippen MR) is 88.9 cm³/mol. The molecule has 130 valence electrons. The number of halogens is 4. The smallest absolute Gasteiger partial charge is 0.207 e. The number of sulfonamides is 1. The maximum Gasteiger partial charge on any atom is 0.416 e. The van der Waals surface area contributed by atoms with Crippen LogP contribution < -0.4 is 4.72 Å². The SMILES string of the molecule is CC[C@H](NS(=O)(=O)c1cccc(C(F)(F)F)c1)c1cccc(Br)c1. The van der Waals surface area contributed by atoms with Gasteiger partial charge in [-0.25, -0.2) is 13.1 Å². The summed E-state index contributed by atoms with van der Waals surface area (Å²) in [4.78, 5) is -0.411. The minimum Gasteiger partial charge on any atom is -0.207 e. The third-order valence-electron chi connectivity index (χ3n) is 3.43. The zero-order valence-electron chi connectivity index (χ0n) is 12.6. The standard InChI is InChI=1S/C16H15BrF3NO2S/c1-2-15(11-5-3-7-13(17)9-11)21-24(22,23)14-8-4-6-12(10-14)16(18,19)20/h3-10,15,21H,2H2,1H3/t15-/m0/s1. The molecule has 0 radical (unpaired) electrons. The molecule has 0 aromatic heterocycles. The van der Waals surface area contributed by atoms with Crippen molar-refractivity contribution in [1.82, 2.24) is 4.72 Å². The molecule has 0 saturated carbocycles. The number of hydrogen-bond acceptors (Lipinski definition) is 2. The van der Waals surface area contributed by atoms with E-state index in [0.29, 0.717) is 12.5 Å². The molecule has 0 aliphatic rings. The summed E-state index contributed by atoms with van der Waals surface area (Å²) >= 11 is 3.31. The van der Waals surface area contributed by atoms with Crippen molar-refractivity contribution in [2.45, 2.75) is 30.5 Å². The first-order valence-corrected chi connectivity index (χ1v) is 9.36. The van der Waals surface area contributed by atoms with Crippen molar-refractivity contribution in [2.24, 2.45) is 0 Å². The fourth-order valence-corrected chi connectivity index (χ4v) is 3.98. The molecule has 0 aliphatic heterocycles. The molecule has 0 saturated heterocycles. The van der Waals surface area contributed by atoms with E-state index in [1.54, 1.807) is 31.2 Å². The van der Waals surface area contributed by atoms with Crippen LogP contribution in [0.3, 0.4) is 0 Å². The maximum absolute atomic E-state index is 12.8. The summed E-state index contributed by atoms with van der Waals surface area (Å²) in [6.45, 7) is 1.79. The lowest BCUT2D eigenvalue weighted by molar-refractivity contribution is -0.137. The van der Waals surface area contributed by atoms with Crippen LogP contribution in [-0.2, 0) is 16.2 Å². The van der Waals surface area contributed by atoms with Gasteiger partial charge >= 0.3 is 6.18 Å². The number of hydrogen-bond donors (Lipinski definition) is 1. The lowest BCUT2D eigenvalue weighted by atomic mass is 10.1. The molecule has 3 nitrogen and oxygen atoms in total. The van der Waals surface area contributed by atoms with Crippen LogP contribution in [-0.4, -0.2) is 8.42 Å². The normalized spacial score (nSPS) is 13.7. The highest BCUT2D eigenvalue weighted by Crippen LogP contribution is 2.31. The van der Waals surface area contributed by atoms with Crippen LogP contribution >= 0.6 is 15.9 Å². The van der Waals surface area contributed by atoms with Gasteiger partial charge in [0.15, 0.2) is 0 Å². The molecule has 0 heterocycles. The Morgan fingerprint density at radius 3 is 2.38 bits per heavy atom. The van der Waals surface area contributed by atoms with Crippen LogP contribution in [0, 0.1) is 0 Å².